The molecule has 0 fully saturated rings. The molecule has 0 spiro atoms. The van der Waals surface area contributed by atoms with E-state index in [2.05, 4.69) is 89.5 Å². The average molecular weight is 332 g/mol. The van der Waals surface area contributed by atoms with Gasteiger partial charge in [0.1, 0.15) is 0 Å². The largest absolute Gasteiger partial charge is 0.310 e. The maximum absolute atomic E-state index is 5.08. The standard InChI is InChI=1S/C21H24N4/c1-4-24-17-12-8-9-13-18(17)25-19(14-15-23(2)3)20(22-21(24)25)16-10-6-5-7-11-16/h5-13H,4,14-15H2,1-3H3. The highest BCUT2D eigenvalue weighted by atomic mass is 15.2. The summed E-state index contributed by atoms with van der Waals surface area (Å²) in [5, 5.41) is 0. The molecule has 0 aliphatic carbocycles. The molecule has 0 bridgehead atoms. The first kappa shape index (κ1) is 15.9. The number of aromatic nitrogens is 3. The highest BCUT2D eigenvalue weighted by Gasteiger charge is 2.20. The van der Waals surface area contributed by atoms with Crippen molar-refractivity contribution in [3.8, 4) is 11.3 Å². The quantitative estimate of drug-likeness (QED) is 0.550. The Kier molecular flexibility index (Phi) is 4.06. The Balaban J connectivity index is 2.03. The van der Waals surface area contributed by atoms with Gasteiger partial charge in [-0.2, -0.15) is 0 Å². The van der Waals surface area contributed by atoms with E-state index in [0.717, 1.165) is 31.0 Å². The number of fused-ring (bicyclic) bond motifs is 3. The van der Waals surface area contributed by atoms with Gasteiger partial charge in [-0.15, -0.1) is 0 Å². The zero-order valence-electron chi connectivity index (χ0n) is 15.1. The van der Waals surface area contributed by atoms with E-state index in [-0.39, 0.29) is 0 Å². The number of benzene rings is 2. The Morgan fingerprint density at radius 3 is 2.28 bits per heavy atom. The number of hydrogen-bond donors (Lipinski definition) is 0. The van der Waals surface area contributed by atoms with Gasteiger partial charge in [-0.3, -0.25) is 4.40 Å². The lowest BCUT2D eigenvalue weighted by Gasteiger charge is -2.10. The predicted molar refractivity (Wildman–Crippen MR) is 104 cm³/mol. The monoisotopic (exact) mass is 332 g/mol. The molecular weight excluding hydrogens is 308 g/mol. The van der Waals surface area contributed by atoms with Crippen LogP contribution in [-0.2, 0) is 13.0 Å². The molecule has 2 aromatic carbocycles. The highest BCUT2D eigenvalue weighted by Crippen LogP contribution is 2.30. The summed E-state index contributed by atoms with van der Waals surface area (Å²) in [7, 11) is 4.24. The van der Waals surface area contributed by atoms with Crippen molar-refractivity contribution in [1.29, 1.82) is 0 Å². The first-order valence-corrected chi connectivity index (χ1v) is 8.89. The maximum Gasteiger partial charge on any atom is 0.215 e. The van der Waals surface area contributed by atoms with E-state index in [1.54, 1.807) is 0 Å². The van der Waals surface area contributed by atoms with Gasteiger partial charge in [0.2, 0.25) is 5.78 Å². The predicted octanol–water partition coefficient (Wildman–Crippen LogP) is 4.08. The van der Waals surface area contributed by atoms with E-state index in [9.17, 15) is 0 Å². The number of likely N-dealkylation sites (N-methyl/N-ethyl adjacent to an activating group) is 1. The van der Waals surface area contributed by atoms with Gasteiger partial charge in [-0.25, -0.2) is 4.98 Å². The normalized spacial score (nSPS) is 11.8. The molecular formula is C21H24N4. The van der Waals surface area contributed by atoms with E-state index in [0.29, 0.717) is 0 Å². The fourth-order valence-corrected chi connectivity index (χ4v) is 3.56. The second-order valence-corrected chi connectivity index (χ2v) is 6.69. The summed E-state index contributed by atoms with van der Waals surface area (Å²) < 4.78 is 4.66. The molecule has 4 heteroatoms. The van der Waals surface area contributed by atoms with Crippen LogP contribution in [0.25, 0.3) is 28.1 Å². The van der Waals surface area contributed by atoms with Gasteiger partial charge in [0.25, 0.3) is 0 Å². The van der Waals surface area contributed by atoms with Crippen LogP contribution in [0.1, 0.15) is 12.6 Å². The van der Waals surface area contributed by atoms with Crippen LogP contribution in [0.3, 0.4) is 0 Å². The molecule has 2 heterocycles. The van der Waals surface area contributed by atoms with E-state index >= 15 is 0 Å². The van der Waals surface area contributed by atoms with E-state index in [4.69, 9.17) is 4.98 Å². The van der Waals surface area contributed by atoms with Crippen LogP contribution in [0, 0.1) is 0 Å². The van der Waals surface area contributed by atoms with Crippen molar-refractivity contribution in [2.24, 2.45) is 0 Å². The summed E-state index contributed by atoms with van der Waals surface area (Å²) in [6, 6.07) is 19.1. The fraction of sp³-hybridized carbons (Fsp3) is 0.286. The summed E-state index contributed by atoms with van der Waals surface area (Å²) in [6.07, 6.45) is 0.968. The molecule has 0 saturated heterocycles. The molecule has 128 valence electrons. The van der Waals surface area contributed by atoms with Gasteiger partial charge in [0.05, 0.1) is 22.4 Å². The Hall–Kier alpha value is -2.59. The van der Waals surface area contributed by atoms with Crippen LogP contribution in [0.4, 0.5) is 0 Å². The summed E-state index contributed by atoms with van der Waals surface area (Å²) in [5.41, 5.74) is 6.07. The van der Waals surface area contributed by atoms with Crippen LogP contribution in [0.15, 0.2) is 54.6 Å². The lowest BCUT2D eigenvalue weighted by Crippen LogP contribution is -2.16. The number of rotatable bonds is 5. The van der Waals surface area contributed by atoms with Crippen molar-refractivity contribution in [3.05, 3.63) is 60.3 Å². The Morgan fingerprint density at radius 2 is 1.60 bits per heavy atom. The smallest absolute Gasteiger partial charge is 0.215 e. The van der Waals surface area contributed by atoms with Crippen LogP contribution < -0.4 is 0 Å². The van der Waals surface area contributed by atoms with Crippen LogP contribution in [0.2, 0.25) is 0 Å². The van der Waals surface area contributed by atoms with Crippen molar-refractivity contribution in [3.63, 3.8) is 0 Å². The molecule has 0 atom stereocenters. The molecule has 4 aromatic rings. The van der Waals surface area contributed by atoms with Gasteiger partial charge in [0.15, 0.2) is 0 Å². The third-order valence-electron chi connectivity index (χ3n) is 4.77. The first-order chi connectivity index (χ1) is 12.2. The Bertz CT molecular complexity index is 1010. The number of para-hydroxylation sites is 2. The Morgan fingerprint density at radius 1 is 0.920 bits per heavy atom. The number of hydrogen-bond acceptors (Lipinski definition) is 2. The third kappa shape index (κ3) is 2.63. The lowest BCUT2D eigenvalue weighted by molar-refractivity contribution is 0.412. The molecule has 4 rings (SSSR count). The maximum atomic E-state index is 5.08. The minimum Gasteiger partial charge on any atom is -0.310 e. The molecule has 0 unspecified atom stereocenters. The van der Waals surface area contributed by atoms with Gasteiger partial charge >= 0.3 is 0 Å². The Labute approximate surface area is 148 Å². The first-order valence-electron chi connectivity index (χ1n) is 8.89. The highest BCUT2D eigenvalue weighted by molar-refractivity contribution is 5.83. The minimum absolute atomic E-state index is 0.912. The third-order valence-corrected chi connectivity index (χ3v) is 4.77. The molecule has 0 saturated carbocycles. The van der Waals surface area contributed by atoms with Gasteiger partial charge in [-0.1, -0.05) is 42.5 Å². The zero-order chi connectivity index (χ0) is 17.4. The average Bonchev–Trinajstić information content (AvgIpc) is 3.15. The van der Waals surface area contributed by atoms with Crippen molar-refractivity contribution in [2.75, 3.05) is 20.6 Å². The lowest BCUT2D eigenvalue weighted by atomic mass is 10.1. The van der Waals surface area contributed by atoms with Crippen molar-refractivity contribution in [2.45, 2.75) is 19.9 Å². The van der Waals surface area contributed by atoms with Crippen LogP contribution in [-0.4, -0.2) is 39.5 Å². The van der Waals surface area contributed by atoms with E-state index in [1.807, 2.05) is 0 Å². The van der Waals surface area contributed by atoms with Crippen LogP contribution in [0.5, 0.6) is 0 Å². The molecule has 0 aliphatic rings. The van der Waals surface area contributed by atoms with E-state index in [1.165, 1.54) is 22.3 Å². The number of nitrogens with zero attached hydrogens (tertiary/aromatic N) is 4. The summed E-state index contributed by atoms with van der Waals surface area (Å²) in [6.45, 7) is 4.09. The van der Waals surface area contributed by atoms with Gasteiger partial charge < -0.3 is 9.47 Å². The molecule has 0 amide bonds. The zero-order valence-corrected chi connectivity index (χ0v) is 15.1. The van der Waals surface area contributed by atoms with E-state index < -0.39 is 0 Å². The number of aryl methyl sites for hydroxylation is 1. The molecule has 0 radical (unpaired) electrons. The topological polar surface area (TPSA) is 25.5 Å². The molecule has 25 heavy (non-hydrogen) atoms. The SMILES string of the molecule is CCn1c2ccccc2n2c(CCN(C)C)c(-c3ccccc3)nc12. The molecule has 4 nitrogen and oxygen atoms in total. The second kappa shape index (κ2) is 6.37. The summed E-state index contributed by atoms with van der Waals surface area (Å²) >= 11 is 0. The van der Waals surface area contributed by atoms with Gasteiger partial charge in [-0.05, 0) is 33.2 Å². The second-order valence-electron chi connectivity index (χ2n) is 6.69. The fourth-order valence-electron chi connectivity index (χ4n) is 3.56. The van der Waals surface area contributed by atoms with Crippen molar-refractivity contribution < 1.29 is 0 Å². The van der Waals surface area contributed by atoms with Crippen molar-refractivity contribution in [1.82, 2.24) is 18.9 Å². The van der Waals surface area contributed by atoms with Crippen molar-refractivity contribution >= 4 is 16.8 Å². The van der Waals surface area contributed by atoms with Gasteiger partial charge in [0, 0.05) is 25.1 Å². The molecule has 2 aromatic heterocycles. The minimum atomic E-state index is 0.912. The molecule has 0 aliphatic heterocycles. The number of imidazole rings is 2. The summed E-state index contributed by atoms with van der Waals surface area (Å²) in [5.74, 6) is 1.04. The summed E-state index contributed by atoms with van der Waals surface area (Å²) in [4.78, 5) is 7.31. The van der Waals surface area contributed by atoms with Crippen LogP contribution >= 0.6 is 0 Å². The molecule has 0 N–H and O–H groups in total.